The second kappa shape index (κ2) is 10.2. The Morgan fingerprint density at radius 1 is 1.44 bits per heavy atom. The van der Waals surface area contributed by atoms with E-state index in [1.807, 2.05) is 29.3 Å². The summed E-state index contributed by atoms with van der Waals surface area (Å²) in [5.41, 5.74) is 0.830. The summed E-state index contributed by atoms with van der Waals surface area (Å²) in [4.78, 5) is 19.3. The van der Waals surface area contributed by atoms with E-state index in [0.29, 0.717) is 12.5 Å². The van der Waals surface area contributed by atoms with E-state index in [-0.39, 0.29) is 30.7 Å². The lowest BCUT2D eigenvalue weighted by Crippen LogP contribution is -2.42. The second-order valence-electron chi connectivity index (χ2n) is 5.96. The van der Waals surface area contributed by atoms with Crippen molar-refractivity contribution in [1.29, 1.82) is 0 Å². The number of amides is 1. The third-order valence-corrected chi connectivity index (χ3v) is 5.00. The van der Waals surface area contributed by atoms with Crippen LogP contribution in [0, 0.1) is 6.92 Å². The van der Waals surface area contributed by atoms with Crippen LogP contribution in [-0.4, -0.2) is 41.5 Å². The molecule has 5 nitrogen and oxygen atoms in total. The zero-order chi connectivity index (χ0) is 16.2. The number of aryl methyl sites for hydroxylation is 1. The predicted octanol–water partition coefficient (Wildman–Crippen LogP) is 3.70. The predicted molar refractivity (Wildman–Crippen MR) is 106 cm³/mol. The maximum Gasteiger partial charge on any atom is 0.228 e. The van der Waals surface area contributed by atoms with Crippen LogP contribution in [0.1, 0.15) is 31.2 Å². The highest BCUT2D eigenvalue weighted by Gasteiger charge is 2.26. The minimum absolute atomic E-state index is 0. The second-order valence-corrected chi connectivity index (χ2v) is 6.82. The van der Waals surface area contributed by atoms with Gasteiger partial charge in [0.1, 0.15) is 5.76 Å². The van der Waals surface area contributed by atoms with Gasteiger partial charge < -0.3 is 14.6 Å². The molecule has 2 aromatic rings. The number of rotatable bonds is 6. The maximum atomic E-state index is 12.7. The van der Waals surface area contributed by atoms with E-state index in [0.717, 1.165) is 54.7 Å². The van der Waals surface area contributed by atoms with Crippen LogP contribution in [0.5, 0.6) is 0 Å². The van der Waals surface area contributed by atoms with E-state index >= 15 is 0 Å². The van der Waals surface area contributed by atoms with Crippen LogP contribution in [0.25, 0.3) is 10.8 Å². The molecular formula is C17H25Cl2N3O2S. The first kappa shape index (κ1) is 22.0. The van der Waals surface area contributed by atoms with Gasteiger partial charge in [-0.3, -0.25) is 4.79 Å². The Hall–Kier alpha value is -1.08. The fourth-order valence-electron chi connectivity index (χ4n) is 2.96. The molecule has 25 heavy (non-hydrogen) atoms. The summed E-state index contributed by atoms with van der Waals surface area (Å²) in [6.45, 7) is 6.75. The van der Waals surface area contributed by atoms with Gasteiger partial charge in [-0.25, -0.2) is 4.98 Å². The van der Waals surface area contributed by atoms with Crippen molar-refractivity contribution in [2.75, 3.05) is 19.6 Å². The Morgan fingerprint density at radius 3 is 2.84 bits per heavy atom. The lowest BCUT2D eigenvalue weighted by Gasteiger charge is -2.28. The average molecular weight is 406 g/mol. The Morgan fingerprint density at radius 2 is 2.24 bits per heavy atom. The fraction of sp³-hybridized carbons (Fsp3) is 0.529. The van der Waals surface area contributed by atoms with Crippen LogP contribution in [0.4, 0.5) is 0 Å². The zero-order valence-electron chi connectivity index (χ0n) is 14.5. The average Bonchev–Trinajstić information content (AvgIpc) is 3.25. The first-order valence-electron chi connectivity index (χ1n) is 8.18. The monoisotopic (exact) mass is 405 g/mol. The van der Waals surface area contributed by atoms with Crippen molar-refractivity contribution in [3.63, 3.8) is 0 Å². The van der Waals surface area contributed by atoms with Gasteiger partial charge in [0.2, 0.25) is 5.91 Å². The molecule has 2 aromatic heterocycles. The number of nitrogens with zero attached hydrogens (tertiary/aromatic N) is 2. The molecule has 140 valence electrons. The van der Waals surface area contributed by atoms with Gasteiger partial charge >= 0.3 is 0 Å². The number of carbonyl (C=O) groups is 1. The minimum Gasteiger partial charge on any atom is -0.459 e. The molecule has 3 rings (SSSR count). The molecule has 0 bridgehead atoms. The highest BCUT2D eigenvalue weighted by atomic mass is 35.5. The summed E-state index contributed by atoms with van der Waals surface area (Å²) in [5, 5.41) is 6.14. The van der Waals surface area contributed by atoms with E-state index in [4.69, 9.17) is 4.42 Å². The summed E-state index contributed by atoms with van der Waals surface area (Å²) in [6, 6.07) is 4.18. The lowest BCUT2D eigenvalue weighted by molar-refractivity contribution is -0.132. The van der Waals surface area contributed by atoms with Gasteiger partial charge in [-0.05, 0) is 38.4 Å². The highest BCUT2D eigenvalue weighted by molar-refractivity contribution is 7.13. The Kier molecular flexibility index (Phi) is 8.93. The molecule has 3 heterocycles. The van der Waals surface area contributed by atoms with Gasteiger partial charge in [0.25, 0.3) is 0 Å². The van der Waals surface area contributed by atoms with Crippen molar-refractivity contribution in [2.24, 2.45) is 0 Å². The zero-order valence-corrected chi connectivity index (χ0v) is 16.9. The highest BCUT2D eigenvalue weighted by Crippen LogP contribution is 2.26. The molecule has 1 N–H and O–H groups in total. The summed E-state index contributed by atoms with van der Waals surface area (Å²) in [7, 11) is 0. The van der Waals surface area contributed by atoms with Crippen LogP contribution >= 0.6 is 36.2 Å². The molecule has 1 unspecified atom stereocenters. The molecule has 1 aliphatic heterocycles. The van der Waals surface area contributed by atoms with Crippen LogP contribution in [0.3, 0.4) is 0 Å². The van der Waals surface area contributed by atoms with E-state index < -0.39 is 0 Å². The SMILES string of the molecule is CCCN(C(=O)Cc1csc(-c2ccc(C)o2)n1)C1CCNC1.Cl.Cl. The van der Waals surface area contributed by atoms with Gasteiger partial charge in [0, 0.05) is 24.5 Å². The van der Waals surface area contributed by atoms with Crippen LogP contribution in [-0.2, 0) is 11.2 Å². The number of thiazole rings is 1. The van der Waals surface area contributed by atoms with Gasteiger partial charge in [0.15, 0.2) is 10.8 Å². The van der Waals surface area contributed by atoms with Crippen LogP contribution in [0.15, 0.2) is 21.9 Å². The number of furan rings is 1. The maximum absolute atomic E-state index is 12.7. The van der Waals surface area contributed by atoms with Crippen LogP contribution < -0.4 is 5.32 Å². The molecule has 0 saturated carbocycles. The van der Waals surface area contributed by atoms with E-state index in [1.165, 1.54) is 11.3 Å². The number of hydrogen-bond acceptors (Lipinski definition) is 5. The molecule has 8 heteroatoms. The normalized spacial score (nSPS) is 16.2. The number of carbonyl (C=O) groups excluding carboxylic acids is 1. The number of hydrogen-bond donors (Lipinski definition) is 1. The smallest absolute Gasteiger partial charge is 0.228 e. The van der Waals surface area contributed by atoms with E-state index in [1.54, 1.807) is 0 Å². The number of nitrogens with one attached hydrogen (secondary N) is 1. The van der Waals surface area contributed by atoms with Crippen molar-refractivity contribution in [1.82, 2.24) is 15.2 Å². The Balaban J connectivity index is 0.00000156. The van der Waals surface area contributed by atoms with Gasteiger partial charge in [-0.2, -0.15) is 0 Å². The van der Waals surface area contributed by atoms with Crippen molar-refractivity contribution in [3.8, 4) is 10.8 Å². The molecule has 1 aliphatic rings. The summed E-state index contributed by atoms with van der Waals surface area (Å²) in [6.07, 6.45) is 2.39. The molecule has 1 fully saturated rings. The molecule has 1 amide bonds. The fourth-order valence-corrected chi connectivity index (χ4v) is 3.74. The standard InChI is InChI=1S/C17H23N3O2S.2ClH/c1-3-8-20(14-6-7-18-10-14)16(21)9-13-11-23-17(19-13)15-5-4-12(2)22-15;;/h4-5,11,14,18H,3,6-10H2,1-2H3;2*1H. The van der Waals surface area contributed by atoms with Crippen molar-refractivity contribution in [2.45, 2.75) is 39.2 Å². The molecule has 0 radical (unpaired) electrons. The van der Waals surface area contributed by atoms with Crippen molar-refractivity contribution < 1.29 is 9.21 Å². The number of aromatic nitrogens is 1. The third kappa shape index (κ3) is 5.45. The molecule has 0 aromatic carbocycles. The quantitative estimate of drug-likeness (QED) is 0.795. The van der Waals surface area contributed by atoms with Crippen molar-refractivity contribution >= 4 is 42.1 Å². The molecule has 1 atom stereocenters. The van der Waals surface area contributed by atoms with E-state index in [2.05, 4.69) is 17.2 Å². The van der Waals surface area contributed by atoms with Crippen molar-refractivity contribution in [3.05, 3.63) is 29.0 Å². The Labute approximate surface area is 165 Å². The van der Waals surface area contributed by atoms with Gasteiger partial charge in [0.05, 0.1) is 12.1 Å². The molecule has 0 spiro atoms. The number of halogens is 2. The van der Waals surface area contributed by atoms with E-state index in [9.17, 15) is 4.79 Å². The molecule has 1 saturated heterocycles. The summed E-state index contributed by atoms with van der Waals surface area (Å²) >= 11 is 1.53. The topological polar surface area (TPSA) is 58.4 Å². The molecular weight excluding hydrogens is 381 g/mol. The van der Waals surface area contributed by atoms with Crippen LogP contribution in [0.2, 0.25) is 0 Å². The molecule has 0 aliphatic carbocycles. The van der Waals surface area contributed by atoms with Gasteiger partial charge in [-0.1, -0.05) is 6.92 Å². The first-order valence-corrected chi connectivity index (χ1v) is 9.06. The summed E-state index contributed by atoms with van der Waals surface area (Å²) < 4.78 is 5.60. The largest absolute Gasteiger partial charge is 0.459 e. The third-order valence-electron chi connectivity index (χ3n) is 4.10. The lowest BCUT2D eigenvalue weighted by atomic mass is 10.2. The summed E-state index contributed by atoms with van der Waals surface area (Å²) in [5.74, 6) is 1.82. The van der Waals surface area contributed by atoms with Gasteiger partial charge in [-0.15, -0.1) is 36.2 Å². The minimum atomic E-state index is 0. The Bertz CT molecular complexity index is 668. The first-order chi connectivity index (χ1) is 11.2.